The standard InChI is InChI=1S/C16H24O3.C2H6/c1-3-14-9-11-15(12-10-14)19-13-7-5-6-8-16(17)18-4-2;1-2/h9-12H,3-8,13H2,1-2H3;1-2H3. The number of carbonyl (C=O) groups is 1. The molecule has 0 unspecified atom stereocenters. The van der Waals surface area contributed by atoms with Gasteiger partial charge < -0.3 is 9.47 Å². The first kappa shape index (κ1) is 19.5. The Morgan fingerprint density at radius 3 is 2.24 bits per heavy atom. The number of carbonyl (C=O) groups excluding carboxylic acids is 1. The summed E-state index contributed by atoms with van der Waals surface area (Å²) in [5.74, 6) is 0.821. The molecule has 0 aliphatic carbocycles. The van der Waals surface area contributed by atoms with Gasteiger partial charge in [-0.2, -0.15) is 0 Å². The second-order valence-electron chi connectivity index (χ2n) is 4.46. The molecule has 0 spiro atoms. The van der Waals surface area contributed by atoms with Gasteiger partial charge in [0, 0.05) is 6.42 Å². The van der Waals surface area contributed by atoms with Gasteiger partial charge in [0.2, 0.25) is 0 Å². The van der Waals surface area contributed by atoms with E-state index in [0.29, 0.717) is 19.6 Å². The van der Waals surface area contributed by atoms with Crippen molar-refractivity contribution in [1.82, 2.24) is 0 Å². The number of aryl methyl sites for hydroxylation is 1. The van der Waals surface area contributed by atoms with Crippen molar-refractivity contribution in [3.63, 3.8) is 0 Å². The molecule has 1 aromatic rings. The second-order valence-corrected chi connectivity index (χ2v) is 4.46. The molecule has 0 aliphatic heterocycles. The van der Waals surface area contributed by atoms with Crippen LogP contribution in [-0.4, -0.2) is 19.2 Å². The van der Waals surface area contributed by atoms with Gasteiger partial charge in [-0.1, -0.05) is 32.9 Å². The molecule has 0 aromatic heterocycles. The molecule has 1 rings (SSSR count). The van der Waals surface area contributed by atoms with E-state index >= 15 is 0 Å². The molecule has 0 N–H and O–H groups in total. The van der Waals surface area contributed by atoms with Crippen molar-refractivity contribution in [1.29, 1.82) is 0 Å². The molecule has 0 radical (unpaired) electrons. The summed E-state index contributed by atoms with van der Waals surface area (Å²) in [7, 11) is 0. The molecule has 0 bridgehead atoms. The van der Waals surface area contributed by atoms with Crippen molar-refractivity contribution in [2.75, 3.05) is 13.2 Å². The van der Waals surface area contributed by atoms with Crippen LogP contribution in [0.15, 0.2) is 24.3 Å². The zero-order valence-electron chi connectivity index (χ0n) is 14.0. The van der Waals surface area contributed by atoms with Gasteiger partial charge >= 0.3 is 5.97 Å². The lowest BCUT2D eigenvalue weighted by Crippen LogP contribution is -2.04. The van der Waals surface area contributed by atoms with Gasteiger partial charge in [-0.15, -0.1) is 0 Å². The largest absolute Gasteiger partial charge is 0.494 e. The maximum atomic E-state index is 11.1. The molecule has 0 amide bonds. The summed E-state index contributed by atoms with van der Waals surface area (Å²) < 4.78 is 10.5. The highest BCUT2D eigenvalue weighted by molar-refractivity contribution is 5.69. The normalized spacial score (nSPS) is 9.52. The first-order valence-electron chi connectivity index (χ1n) is 8.13. The first-order valence-corrected chi connectivity index (χ1v) is 8.13. The molecule has 120 valence electrons. The Hall–Kier alpha value is -1.51. The van der Waals surface area contributed by atoms with Crippen LogP contribution in [0.3, 0.4) is 0 Å². The van der Waals surface area contributed by atoms with E-state index in [1.807, 2.05) is 32.9 Å². The lowest BCUT2D eigenvalue weighted by atomic mass is 10.2. The summed E-state index contributed by atoms with van der Waals surface area (Å²) in [5.41, 5.74) is 1.32. The number of hydrogen-bond acceptors (Lipinski definition) is 3. The summed E-state index contributed by atoms with van der Waals surface area (Å²) in [5, 5.41) is 0. The number of hydrogen-bond donors (Lipinski definition) is 0. The van der Waals surface area contributed by atoms with Crippen LogP contribution in [0.4, 0.5) is 0 Å². The molecule has 3 heteroatoms. The van der Waals surface area contributed by atoms with Crippen LogP contribution in [-0.2, 0) is 16.0 Å². The minimum absolute atomic E-state index is 0.0985. The van der Waals surface area contributed by atoms with Crippen LogP contribution in [0.25, 0.3) is 0 Å². The number of benzene rings is 1. The maximum Gasteiger partial charge on any atom is 0.305 e. The van der Waals surface area contributed by atoms with Gasteiger partial charge in [-0.3, -0.25) is 4.79 Å². The Kier molecular flexibility index (Phi) is 12.5. The van der Waals surface area contributed by atoms with Crippen molar-refractivity contribution >= 4 is 5.97 Å². The van der Waals surface area contributed by atoms with Gasteiger partial charge in [-0.05, 0) is 50.3 Å². The highest BCUT2D eigenvalue weighted by Gasteiger charge is 2.01. The summed E-state index contributed by atoms with van der Waals surface area (Å²) in [4.78, 5) is 11.1. The second kappa shape index (κ2) is 13.5. The van der Waals surface area contributed by atoms with Gasteiger partial charge in [0.1, 0.15) is 5.75 Å². The Morgan fingerprint density at radius 2 is 1.67 bits per heavy atom. The average molecular weight is 294 g/mol. The molecule has 1 aromatic carbocycles. The SMILES string of the molecule is CC.CCOC(=O)CCCCCOc1ccc(CC)cc1. The molecule has 0 fully saturated rings. The van der Waals surface area contributed by atoms with Crippen molar-refractivity contribution in [2.45, 2.75) is 59.8 Å². The van der Waals surface area contributed by atoms with E-state index < -0.39 is 0 Å². The van der Waals surface area contributed by atoms with Gasteiger partial charge in [-0.25, -0.2) is 0 Å². The average Bonchev–Trinajstić information content (AvgIpc) is 2.53. The van der Waals surface area contributed by atoms with E-state index in [9.17, 15) is 4.79 Å². The third-order valence-electron chi connectivity index (χ3n) is 2.93. The van der Waals surface area contributed by atoms with E-state index in [1.54, 1.807) is 0 Å². The van der Waals surface area contributed by atoms with Gasteiger partial charge in [0.25, 0.3) is 0 Å². The highest BCUT2D eigenvalue weighted by Crippen LogP contribution is 2.13. The van der Waals surface area contributed by atoms with Gasteiger partial charge in [0.05, 0.1) is 13.2 Å². The number of esters is 1. The lowest BCUT2D eigenvalue weighted by molar-refractivity contribution is -0.143. The number of unbranched alkanes of at least 4 members (excludes halogenated alkanes) is 2. The van der Waals surface area contributed by atoms with E-state index in [0.717, 1.165) is 31.4 Å². The smallest absolute Gasteiger partial charge is 0.305 e. The summed E-state index contributed by atoms with van der Waals surface area (Å²) in [6.07, 6.45) is 4.39. The summed E-state index contributed by atoms with van der Waals surface area (Å²) in [6.45, 7) is 9.14. The van der Waals surface area contributed by atoms with Crippen molar-refractivity contribution in [3.05, 3.63) is 29.8 Å². The molecule has 0 saturated carbocycles. The fraction of sp³-hybridized carbons (Fsp3) is 0.611. The third kappa shape index (κ3) is 9.94. The number of ether oxygens (including phenoxy) is 2. The molecular formula is C18H30O3. The van der Waals surface area contributed by atoms with Crippen LogP contribution < -0.4 is 4.74 Å². The minimum Gasteiger partial charge on any atom is -0.494 e. The van der Waals surface area contributed by atoms with E-state index in [1.165, 1.54) is 5.56 Å². The molecule has 0 heterocycles. The first-order chi connectivity index (χ1) is 10.3. The molecule has 3 nitrogen and oxygen atoms in total. The fourth-order valence-corrected chi connectivity index (χ4v) is 1.79. The van der Waals surface area contributed by atoms with Gasteiger partial charge in [0.15, 0.2) is 0 Å². The summed E-state index contributed by atoms with van der Waals surface area (Å²) >= 11 is 0. The predicted molar refractivity (Wildman–Crippen MR) is 87.8 cm³/mol. The van der Waals surface area contributed by atoms with Crippen molar-refractivity contribution in [3.8, 4) is 5.75 Å². The van der Waals surface area contributed by atoms with Crippen molar-refractivity contribution < 1.29 is 14.3 Å². The Bertz CT molecular complexity index is 357. The van der Waals surface area contributed by atoms with Crippen LogP contribution >= 0.6 is 0 Å². The topological polar surface area (TPSA) is 35.5 Å². The monoisotopic (exact) mass is 294 g/mol. The molecule has 0 atom stereocenters. The minimum atomic E-state index is -0.0985. The summed E-state index contributed by atoms with van der Waals surface area (Å²) in [6, 6.07) is 8.21. The fourth-order valence-electron chi connectivity index (χ4n) is 1.79. The Morgan fingerprint density at radius 1 is 1.00 bits per heavy atom. The highest BCUT2D eigenvalue weighted by atomic mass is 16.5. The zero-order chi connectivity index (χ0) is 15.9. The van der Waals surface area contributed by atoms with Crippen LogP contribution in [0.2, 0.25) is 0 Å². The molecular weight excluding hydrogens is 264 g/mol. The number of rotatable bonds is 9. The van der Waals surface area contributed by atoms with Crippen LogP contribution in [0.1, 0.15) is 58.9 Å². The molecule has 21 heavy (non-hydrogen) atoms. The lowest BCUT2D eigenvalue weighted by Gasteiger charge is -2.06. The maximum absolute atomic E-state index is 11.1. The third-order valence-corrected chi connectivity index (χ3v) is 2.93. The quantitative estimate of drug-likeness (QED) is 0.486. The van der Waals surface area contributed by atoms with E-state index in [4.69, 9.17) is 9.47 Å². The van der Waals surface area contributed by atoms with Crippen LogP contribution in [0.5, 0.6) is 5.75 Å². The molecule has 0 saturated heterocycles. The Balaban J connectivity index is 0.00000191. The molecule has 0 aliphatic rings. The predicted octanol–water partition coefficient (Wildman–Crippen LogP) is 4.78. The van der Waals surface area contributed by atoms with Crippen molar-refractivity contribution in [2.24, 2.45) is 0 Å². The Labute approximate surface area is 129 Å². The van der Waals surface area contributed by atoms with Crippen LogP contribution in [0, 0.1) is 0 Å². The zero-order valence-corrected chi connectivity index (χ0v) is 14.0. The van der Waals surface area contributed by atoms with E-state index in [-0.39, 0.29) is 5.97 Å². The van der Waals surface area contributed by atoms with E-state index in [2.05, 4.69) is 19.1 Å².